The summed E-state index contributed by atoms with van der Waals surface area (Å²) in [6.45, 7) is 4.02. The number of nitrogens with one attached hydrogen (secondary N) is 2. The van der Waals surface area contributed by atoms with Gasteiger partial charge in [0.05, 0.1) is 31.9 Å². The lowest BCUT2D eigenvalue weighted by molar-refractivity contribution is -0.892. The molecule has 1 amide bonds. The number of quaternary nitrogens is 1. The molecule has 2 N–H and O–H groups in total. The largest absolute Gasteiger partial charge is 0.360 e. The minimum Gasteiger partial charge on any atom is -0.360 e. The molecule has 1 heterocycles. The fourth-order valence-electron chi connectivity index (χ4n) is 2.88. The van der Waals surface area contributed by atoms with Crippen molar-refractivity contribution < 1.29 is 14.1 Å². The zero-order valence-electron chi connectivity index (χ0n) is 13.0. The maximum absolute atomic E-state index is 13.5. The highest BCUT2D eigenvalue weighted by Gasteiger charge is 2.22. The Kier molecular flexibility index (Phi) is 4.88. The van der Waals surface area contributed by atoms with E-state index in [1.807, 2.05) is 18.2 Å². The summed E-state index contributed by atoms with van der Waals surface area (Å²) in [4.78, 5) is 15.6. The Bertz CT molecular complexity index is 654. The highest BCUT2D eigenvalue weighted by atomic mass is 19.1. The second kappa shape index (κ2) is 7.24. The Morgan fingerprint density at radius 3 is 2.39 bits per heavy atom. The van der Waals surface area contributed by atoms with Crippen LogP contribution in [0.5, 0.6) is 0 Å². The van der Waals surface area contributed by atoms with E-state index >= 15 is 0 Å². The average Bonchev–Trinajstić information content (AvgIpc) is 2.58. The highest BCUT2D eigenvalue weighted by Crippen LogP contribution is 2.13. The van der Waals surface area contributed by atoms with E-state index in [4.69, 9.17) is 0 Å². The van der Waals surface area contributed by atoms with Crippen molar-refractivity contribution in [3.8, 4) is 0 Å². The van der Waals surface area contributed by atoms with Crippen molar-refractivity contribution in [3.05, 3.63) is 60.4 Å². The maximum Gasteiger partial charge on any atom is 0.279 e. The third-order valence-corrected chi connectivity index (χ3v) is 4.15. The fraction of sp³-hybridized carbons (Fsp3) is 0.278. The number of anilines is 2. The van der Waals surface area contributed by atoms with E-state index in [0.717, 1.165) is 26.2 Å². The molecule has 23 heavy (non-hydrogen) atoms. The Balaban J connectivity index is 1.49. The van der Waals surface area contributed by atoms with Crippen LogP contribution in [0.15, 0.2) is 54.6 Å². The average molecular weight is 314 g/mol. The second-order valence-corrected chi connectivity index (χ2v) is 5.78. The SMILES string of the molecule is O=C(C[NH+]1CCN(c2ccccc2)CC1)Nc1ccccc1F. The van der Waals surface area contributed by atoms with Crippen LogP contribution in [0.2, 0.25) is 0 Å². The molecule has 0 aliphatic carbocycles. The molecule has 2 aromatic rings. The van der Waals surface area contributed by atoms with Gasteiger partial charge in [0.15, 0.2) is 6.54 Å². The second-order valence-electron chi connectivity index (χ2n) is 5.78. The van der Waals surface area contributed by atoms with Gasteiger partial charge in [-0.15, -0.1) is 0 Å². The van der Waals surface area contributed by atoms with Crippen molar-refractivity contribution in [1.82, 2.24) is 0 Å². The van der Waals surface area contributed by atoms with Crippen LogP contribution in [-0.2, 0) is 4.79 Å². The Labute approximate surface area is 135 Å². The Morgan fingerprint density at radius 1 is 1.04 bits per heavy atom. The van der Waals surface area contributed by atoms with Crippen LogP contribution in [-0.4, -0.2) is 38.6 Å². The summed E-state index contributed by atoms with van der Waals surface area (Å²) >= 11 is 0. The summed E-state index contributed by atoms with van der Waals surface area (Å²) in [5.41, 5.74) is 1.47. The quantitative estimate of drug-likeness (QED) is 0.889. The van der Waals surface area contributed by atoms with Gasteiger partial charge in [-0.3, -0.25) is 4.79 Å². The van der Waals surface area contributed by atoms with Crippen molar-refractivity contribution in [2.45, 2.75) is 0 Å². The number of amides is 1. The van der Waals surface area contributed by atoms with Crippen molar-refractivity contribution in [2.75, 3.05) is 42.9 Å². The van der Waals surface area contributed by atoms with Crippen molar-refractivity contribution in [1.29, 1.82) is 0 Å². The number of benzene rings is 2. The standard InChI is InChI=1S/C18H20FN3O/c19-16-8-4-5-9-17(16)20-18(23)14-21-10-12-22(13-11-21)15-6-2-1-3-7-15/h1-9H,10-14H2,(H,20,23)/p+1. The topological polar surface area (TPSA) is 36.8 Å². The predicted octanol–water partition coefficient (Wildman–Crippen LogP) is 1.17. The van der Waals surface area contributed by atoms with E-state index in [2.05, 4.69) is 22.3 Å². The van der Waals surface area contributed by atoms with Crippen LogP contribution in [0, 0.1) is 5.82 Å². The van der Waals surface area contributed by atoms with Crippen LogP contribution in [0.3, 0.4) is 0 Å². The molecule has 0 bridgehead atoms. The van der Waals surface area contributed by atoms with Gasteiger partial charge in [-0.1, -0.05) is 30.3 Å². The summed E-state index contributed by atoms with van der Waals surface area (Å²) < 4.78 is 13.5. The maximum atomic E-state index is 13.5. The zero-order valence-corrected chi connectivity index (χ0v) is 13.0. The number of piperazine rings is 1. The van der Waals surface area contributed by atoms with Crippen molar-refractivity contribution in [3.63, 3.8) is 0 Å². The minimum absolute atomic E-state index is 0.140. The van der Waals surface area contributed by atoms with Gasteiger partial charge in [-0.2, -0.15) is 0 Å². The molecule has 0 atom stereocenters. The van der Waals surface area contributed by atoms with Crippen LogP contribution in [0.4, 0.5) is 15.8 Å². The first-order valence-corrected chi connectivity index (χ1v) is 7.90. The number of hydrogen-bond donors (Lipinski definition) is 2. The number of carbonyl (C=O) groups is 1. The molecule has 1 saturated heterocycles. The molecule has 2 aromatic carbocycles. The lowest BCUT2D eigenvalue weighted by atomic mass is 10.2. The Hall–Kier alpha value is -2.40. The molecule has 3 rings (SSSR count). The fourth-order valence-corrected chi connectivity index (χ4v) is 2.88. The Morgan fingerprint density at radius 2 is 1.70 bits per heavy atom. The van der Waals surface area contributed by atoms with E-state index in [-0.39, 0.29) is 11.6 Å². The van der Waals surface area contributed by atoms with Gasteiger partial charge in [0.25, 0.3) is 5.91 Å². The number of halogens is 1. The van der Waals surface area contributed by atoms with E-state index in [1.165, 1.54) is 16.7 Å². The van der Waals surface area contributed by atoms with Crippen LogP contribution in [0.1, 0.15) is 0 Å². The molecule has 0 spiro atoms. The van der Waals surface area contributed by atoms with Gasteiger partial charge in [-0.25, -0.2) is 4.39 Å². The lowest BCUT2D eigenvalue weighted by Gasteiger charge is -2.33. The number of para-hydroxylation sites is 2. The van der Waals surface area contributed by atoms with Crippen molar-refractivity contribution >= 4 is 17.3 Å². The summed E-state index contributed by atoms with van der Waals surface area (Å²) in [6, 6.07) is 16.6. The first-order valence-electron chi connectivity index (χ1n) is 7.90. The van der Waals surface area contributed by atoms with Crippen LogP contribution in [0.25, 0.3) is 0 Å². The summed E-state index contributed by atoms with van der Waals surface area (Å²) in [5, 5.41) is 2.65. The normalized spacial score (nSPS) is 15.4. The molecule has 5 heteroatoms. The van der Waals surface area contributed by atoms with Crippen LogP contribution >= 0.6 is 0 Å². The van der Waals surface area contributed by atoms with Gasteiger partial charge in [0.2, 0.25) is 0 Å². The predicted molar refractivity (Wildman–Crippen MR) is 89.2 cm³/mol. The molecular weight excluding hydrogens is 293 g/mol. The monoisotopic (exact) mass is 314 g/mol. The molecule has 0 aromatic heterocycles. The number of carbonyl (C=O) groups excluding carboxylic acids is 1. The first kappa shape index (κ1) is 15.5. The number of rotatable bonds is 4. The zero-order chi connectivity index (χ0) is 16.1. The van der Waals surface area contributed by atoms with E-state index in [1.54, 1.807) is 18.2 Å². The van der Waals surface area contributed by atoms with E-state index in [9.17, 15) is 9.18 Å². The molecule has 0 saturated carbocycles. The molecular formula is C18H21FN3O+. The lowest BCUT2D eigenvalue weighted by Crippen LogP contribution is -3.15. The molecule has 1 aliphatic rings. The minimum atomic E-state index is -0.398. The highest BCUT2D eigenvalue weighted by molar-refractivity contribution is 5.91. The van der Waals surface area contributed by atoms with Gasteiger partial charge >= 0.3 is 0 Å². The summed E-state index contributed by atoms with van der Waals surface area (Å²) in [7, 11) is 0. The van der Waals surface area contributed by atoms with Gasteiger partial charge in [0, 0.05) is 5.69 Å². The van der Waals surface area contributed by atoms with Gasteiger partial charge in [-0.05, 0) is 24.3 Å². The molecule has 120 valence electrons. The molecule has 4 nitrogen and oxygen atoms in total. The summed E-state index contributed by atoms with van der Waals surface area (Å²) in [6.07, 6.45) is 0. The summed E-state index contributed by atoms with van der Waals surface area (Å²) in [5.74, 6) is -0.539. The van der Waals surface area contributed by atoms with Crippen molar-refractivity contribution in [2.24, 2.45) is 0 Å². The van der Waals surface area contributed by atoms with E-state index in [0.29, 0.717) is 6.54 Å². The third-order valence-electron chi connectivity index (χ3n) is 4.15. The smallest absolute Gasteiger partial charge is 0.279 e. The first-order chi connectivity index (χ1) is 11.2. The number of nitrogens with zero attached hydrogens (tertiary/aromatic N) is 1. The molecule has 1 fully saturated rings. The third kappa shape index (κ3) is 4.07. The van der Waals surface area contributed by atoms with Gasteiger partial charge < -0.3 is 15.1 Å². The van der Waals surface area contributed by atoms with Crippen LogP contribution < -0.4 is 15.1 Å². The molecule has 0 unspecified atom stereocenters. The molecule has 1 aliphatic heterocycles. The number of hydrogen-bond acceptors (Lipinski definition) is 2. The van der Waals surface area contributed by atoms with E-state index < -0.39 is 5.82 Å². The molecule has 0 radical (unpaired) electrons. The van der Waals surface area contributed by atoms with Gasteiger partial charge in [0.1, 0.15) is 5.82 Å².